The minimum absolute atomic E-state index is 0. The molecule has 0 aromatic rings. The van der Waals surface area contributed by atoms with Crippen LogP contribution in [0.1, 0.15) is 65.7 Å². The molecule has 0 aromatic carbocycles. The Labute approximate surface area is 161 Å². The molecule has 0 bridgehead atoms. The monoisotopic (exact) mass is 438 g/mol. The van der Waals surface area contributed by atoms with Crippen LogP contribution in [-0.2, 0) is 0 Å². The molecule has 1 saturated heterocycles. The third kappa shape index (κ3) is 11.2. The van der Waals surface area contributed by atoms with Crippen molar-refractivity contribution in [2.75, 3.05) is 33.2 Å². The number of guanidine groups is 1. The minimum atomic E-state index is 0. The van der Waals surface area contributed by atoms with Crippen LogP contribution < -0.4 is 10.6 Å². The van der Waals surface area contributed by atoms with Gasteiger partial charge in [-0.15, -0.1) is 24.0 Å². The lowest BCUT2D eigenvalue weighted by atomic mass is 9.94. The number of hydrogen-bond donors (Lipinski definition) is 2. The number of rotatable bonds is 9. The maximum absolute atomic E-state index is 4.78. The molecule has 0 aliphatic carbocycles. The summed E-state index contributed by atoms with van der Waals surface area (Å²) in [5, 5.41) is 6.93. The van der Waals surface area contributed by atoms with Gasteiger partial charge in [0.15, 0.2) is 5.96 Å². The van der Waals surface area contributed by atoms with Crippen LogP contribution in [0.3, 0.4) is 0 Å². The molecule has 1 heterocycles. The quantitative estimate of drug-likeness (QED) is 0.249. The van der Waals surface area contributed by atoms with Crippen LogP contribution in [0.25, 0.3) is 0 Å². The zero-order valence-electron chi connectivity index (χ0n) is 15.7. The molecule has 138 valence electrons. The number of likely N-dealkylation sites (tertiary alicyclic amines) is 1. The molecular formula is C18H39IN4. The Hall–Kier alpha value is -0.0400. The fourth-order valence-electron chi connectivity index (χ4n) is 3.04. The van der Waals surface area contributed by atoms with Crippen molar-refractivity contribution in [3.63, 3.8) is 0 Å². The van der Waals surface area contributed by atoms with Gasteiger partial charge in [0.2, 0.25) is 0 Å². The van der Waals surface area contributed by atoms with Crippen LogP contribution in [0.15, 0.2) is 4.99 Å². The van der Waals surface area contributed by atoms with Gasteiger partial charge >= 0.3 is 0 Å². The summed E-state index contributed by atoms with van der Waals surface area (Å²) in [4.78, 5) is 7.21. The first-order valence-corrected chi connectivity index (χ1v) is 9.39. The molecule has 0 saturated carbocycles. The fraction of sp³-hybridized carbons (Fsp3) is 0.944. The van der Waals surface area contributed by atoms with Crippen molar-refractivity contribution >= 4 is 29.9 Å². The first kappa shape index (κ1) is 23.0. The molecule has 2 N–H and O–H groups in total. The van der Waals surface area contributed by atoms with Crippen molar-refractivity contribution in [3.8, 4) is 0 Å². The van der Waals surface area contributed by atoms with Crippen LogP contribution in [-0.4, -0.2) is 50.1 Å². The molecule has 1 rings (SSSR count). The lowest BCUT2D eigenvalue weighted by molar-refractivity contribution is 0.214. The summed E-state index contributed by atoms with van der Waals surface area (Å²) in [5.41, 5.74) is 0. The Kier molecular flexibility index (Phi) is 14.3. The molecule has 4 nitrogen and oxygen atoms in total. The molecule has 5 heteroatoms. The van der Waals surface area contributed by atoms with E-state index in [0.29, 0.717) is 6.04 Å². The molecule has 1 atom stereocenters. The maximum Gasteiger partial charge on any atom is 0.191 e. The van der Waals surface area contributed by atoms with E-state index in [0.717, 1.165) is 25.0 Å². The average Bonchev–Trinajstić information content (AvgIpc) is 2.50. The molecule has 0 amide bonds. The highest BCUT2D eigenvalue weighted by atomic mass is 127. The van der Waals surface area contributed by atoms with Crippen molar-refractivity contribution in [3.05, 3.63) is 0 Å². The van der Waals surface area contributed by atoms with Gasteiger partial charge < -0.3 is 15.5 Å². The van der Waals surface area contributed by atoms with Gasteiger partial charge in [-0.25, -0.2) is 0 Å². The van der Waals surface area contributed by atoms with Crippen LogP contribution in [0.4, 0.5) is 0 Å². The van der Waals surface area contributed by atoms with Crippen molar-refractivity contribution < 1.29 is 0 Å². The second-order valence-electron chi connectivity index (χ2n) is 6.84. The highest BCUT2D eigenvalue weighted by Gasteiger charge is 2.16. The highest BCUT2D eigenvalue weighted by Crippen LogP contribution is 2.19. The standard InChI is InChI=1S/C18H38N4.HI/c1-5-7-8-9-16(3)21-18(19-6-2)20-13-10-17-11-14-22(4)15-12-17;/h16-17H,5-15H2,1-4H3,(H2,19,20,21);1H. The number of unbranched alkanes of at least 4 members (excludes halogenated alkanes) is 2. The number of hydrogen-bond acceptors (Lipinski definition) is 2. The Morgan fingerprint density at radius 3 is 2.52 bits per heavy atom. The first-order valence-electron chi connectivity index (χ1n) is 9.39. The molecule has 0 spiro atoms. The van der Waals surface area contributed by atoms with Crippen LogP contribution >= 0.6 is 24.0 Å². The fourth-order valence-corrected chi connectivity index (χ4v) is 3.04. The Balaban J connectivity index is 0.00000484. The van der Waals surface area contributed by atoms with Crippen LogP contribution in [0, 0.1) is 5.92 Å². The summed E-state index contributed by atoms with van der Waals surface area (Å²) in [6, 6.07) is 0.507. The van der Waals surface area contributed by atoms with E-state index >= 15 is 0 Å². The minimum Gasteiger partial charge on any atom is -0.357 e. The lowest BCUT2D eigenvalue weighted by Gasteiger charge is -2.28. The number of aliphatic imine (C=N–C) groups is 1. The summed E-state index contributed by atoms with van der Waals surface area (Å²) in [6.07, 6.45) is 9.06. The van der Waals surface area contributed by atoms with E-state index < -0.39 is 0 Å². The largest absolute Gasteiger partial charge is 0.357 e. The number of nitrogens with one attached hydrogen (secondary N) is 2. The van der Waals surface area contributed by atoms with Gasteiger partial charge in [0.1, 0.15) is 0 Å². The molecule has 1 aliphatic rings. The third-order valence-electron chi connectivity index (χ3n) is 4.61. The number of piperidine rings is 1. The Morgan fingerprint density at radius 2 is 1.91 bits per heavy atom. The summed E-state index contributed by atoms with van der Waals surface area (Å²) in [6.45, 7) is 11.0. The van der Waals surface area contributed by atoms with Gasteiger partial charge in [-0.3, -0.25) is 4.99 Å². The normalized spacial score (nSPS) is 18.3. The highest BCUT2D eigenvalue weighted by molar-refractivity contribution is 14.0. The zero-order valence-corrected chi connectivity index (χ0v) is 18.1. The van der Waals surface area contributed by atoms with Gasteiger partial charge in [-0.2, -0.15) is 0 Å². The maximum atomic E-state index is 4.78. The van der Waals surface area contributed by atoms with E-state index in [2.05, 4.69) is 43.4 Å². The third-order valence-corrected chi connectivity index (χ3v) is 4.61. The number of nitrogens with zero attached hydrogens (tertiary/aromatic N) is 2. The second-order valence-corrected chi connectivity index (χ2v) is 6.84. The molecular weight excluding hydrogens is 399 g/mol. The SMILES string of the molecule is CCCCCC(C)NC(=NCCC1CCN(C)CC1)NCC.I. The van der Waals surface area contributed by atoms with Gasteiger partial charge in [0.25, 0.3) is 0 Å². The molecule has 1 fully saturated rings. The van der Waals surface area contributed by atoms with Crippen molar-refractivity contribution in [1.82, 2.24) is 15.5 Å². The van der Waals surface area contributed by atoms with Gasteiger partial charge in [0.05, 0.1) is 0 Å². The molecule has 0 radical (unpaired) electrons. The smallest absolute Gasteiger partial charge is 0.191 e. The van der Waals surface area contributed by atoms with E-state index in [9.17, 15) is 0 Å². The topological polar surface area (TPSA) is 39.7 Å². The molecule has 0 aromatic heterocycles. The predicted octanol–water partition coefficient (Wildman–Crippen LogP) is 3.86. The van der Waals surface area contributed by atoms with Gasteiger partial charge in [-0.1, -0.05) is 26.2 Å². The lowest BCUT2D eigenvalue weighted by Crippen LogP contribution is -2.42. The van der Waals surface area contributed by atoms with E-state index in [4.69, 9.17) is 4.99 Å². The second kappa shape index (κ2) is 14.3. The summed E-state index contributed by atoms with van der Waals surface area (Å²) >= 11 is 0. The average molecular weight is 438 g/mol. The van der Waals surface area contributed by atoms with Crippen LogP contribution in [0.2, 0.25) is 0 Å². The molecule has 23 heavy (non-hydrogen) atoms. The van der Waals surface area contributed by atoms with Crippen molar-refractivity contribution in [2.45, 2.75) is 71.8 Å². The zero-order chi connectivity index (χ0) is 16.2. The van der Waals surface area contributed by atoms with Gasteiger partial charge in [-0.05, 0) is 65.6 Å². The summed E-state index contributed by atoms with van der Waals surface area (Å²) < 4.78 is 0. The van der Waals surface area contributed by atoms with Gasteiger partial charge in [0, 0.05) is 19.1 Å². The van der Waals surface area contributed by atoms with E-state index in [1.165, 1.54) is 58.0 Å². The molecule has 1 unspecified atom stereocenters. The first-order chi connectivity index (χ1) is 10.7. The van der Waals surface area contributed by atoms with Crippen molar-refractivity contribution in [1.29, 1.82) is 0 Å². The van der Waals surface area contributed by atoms with Crippen molar-refractivity contribution in [2.24, 2.45) is 10.9 Å². The number of halogens is 1. The molecule has 1 aliphatic heterocycles. The summed E-state index contributed by atoms with van der Waals surface area (Å²) in [5.74, 6) is 1.87. The predicted molar refractivity (Wildman–Crippen MR) is 113 cm³/mol. The Bertz CT molecular complexity index is 301. The summed E-state index contributed by atoms with van der Waals surface area (Å²) in [7, 11) is 2.22. The van der Waals surface area contributed by atoms with E-state index in [1.54, 1.807) is 0 Å². The van der Waals surface area contributed by atoms with E-state index in [1.807, 2.05) is 0 Å². The van der Waals surface area contributed by atoms with E-state index in [-0.39, 0.29) is 24.0 Å². The van der Waals surface area contributed by atoms with Crippen LogP contribution in [0.5, 0.6) is 0 Å². The Morgan fingerprint density at radius 1 is 1.22 bits per heavy atom.